The van der Waals surface area contributed by atoms with Gasteiger partial charge in [0.25, 0.3) is 5.91 Å². The largest absolute Gasteiger partial charge is 0.416 e. The lowest BCUT2D eigenvalue weighted by Crippen LogP contribution is -2.28. The Morgan fingerprint density at radius 2 is 1.87 bits per heavy atom. The molecule has 0 aliphatic carbocycles. The first-order chi connectivity index (χ1) is 10.7. The van der Waals surface area contributed by atoms with Crippen molar-refractivity contribution in [1.82, 2.24) is 15.3 Å². The van der Waals surface area contributed by atoms with Gasteiger partial charge in [-0.1, -0.05) is 11.6 Å². The number of amides is 1. The highest BCUT2D eigenvalue weighted by atomic mass is 35.5. The van der Waals surface area contributed by atoms with E-state index in [1.807, 2.05) is 0 Å². The molecule has 1 N–H and O–H groups in total. The predicted molar refractivity (Wildman–Crippen MR) is 79.1 cm³/mol. The smallest absolute Gasteiger partial charge is 0.344 e. The van der Waals surface area contributed by atoms with Gasteiger partial charge in [-0.25, -0.2) is 4.98 Å². The van der Waals surface area contributed by atoms with E-state index < -0.39 is 23.7 Å². The van der Waals surface area contributed by atoms with Gasteiger partial charge in [-0.3, -0.25) is 9.78 Å². The Bertz CT molecular complexity index is 734. The SMILES string of the molecule is Cc1cc(C(=O)NC(C)c2nccnc2Cl)cc(C(F)(F)F)c1. The topological polar surface area (TPSA) is 54.9 Å². The Kier molecular flexibility index (Phi) is 4.89. The van der Waals surface area contributed by atoms with Crippen molar-refractivity contribution in [2.24, 2.45) is 0 Å². The molecule has 1 aromatic carbocycles. The Morgan fingerprint density at radius 3 is 2.48 bits per heavy atom. The van der Waals surface area contributed by atoms with Crippen molar-refractivity contribution in [3.05, 3.63) is 58.1 Å². The molecule has 8 heteroatoms. The summed E-state index contributed by atoms with van der Waals surface area (Å²) in [5.74, 6) is -0.645. The fraction of sp³-hybridized carbons (Fsp3) is 0.267. The normalized spacial score (nSPS) is 12.8. The molecular formula is C15H13ClF3N3O. The summed E-state index contributed by atoms with van der Waals surface area (Å²) in [4.78, 5) is 20.1. The van der Waals surface area contributed by atoms with E-state index in [4.69, 9.17) is 11.6 Å². The molecule has 1 heterocycles. The average molecular weight is 344 g/mol. The Balaban J connectivity index is 2.24. The first kappa shape index (κ1) is 17.2. The van der Waals surface area contributed by atoms with E-state index in [0.29, 0.717) is 11.3 Å². The maximum absolute atomic E-state index is 12.8. The van der Waals surface area contributed by atoms with Crippen LogP contribution in [0.3, 0.4) is 0 Å². The summed E-state index contributed by atoms with van der Waals surface area (Å²) in [6, 6.07) is 2.58. The van der Waals surface area contributed by atoms with E-state index in [0.717, 1.165) is 12.1 Å². The maximum atomic E-state index is 12.8. The van der Waals surface area contributed by atoms with Gasteiger partial charge in [0, 0.05) is 18.0 Å². The number of carbonyl (C=O) groups excluding carboxylic acids is 1. The summed E-state index contributed by atoms with van der Waals surface area (Å²) in [6.45, 7) is 3.11. The van der Waals surface area contributed by atoms with Crippen LogP contribution < -0.4 is 5.32 Å². The second-order valence-corrected chi connectivity index (χ2v) is 5.37. The van der Waals surface area contributed by atoms with Crippen molar-refractivity contribution in [3.63, 3.8) is 0 Å². The summed E-state index contributed by atoms with van der Waals surface area (Å²) in [7, 11) is 0. The number of aromatic nitrogens is 2. The van der Waals surface area contributed by atoms with Crippen molar-refractivity contribution in [1.29, 1.82) is 0 Å². The highest BCUT2D eigenvalue weighted by Gasteiger charge is 2.31. The molecule has 0 aliphatic heterocycles. The molecule has 0 spiro atoms. The summed E-state index contributed by atoms with van der Waals surface area (Å²) in [5, 5.41) is 2.69. The molecule has 122 valence electrons. The number of halogens is 4. The predicted octanol–water partition coefficient (Wildman–Crippen LogP) is 3.95. The van der Waals surface area contributed by atoms with Gasteiger partial charge in [-0.2, -0.15) is 13.2 Å². The molecule has 0 aliphatic rings. The quantitative estimate of drug-likeness (QED) is 0.918. The van der Waals surface area contributed by atoms with Crippen LogP contribution in [0, 0.1) is 6.92 Å². The van der Waals surface area contributed by atoms with Gasteiger partial charge >= 0.3 is 6.18 Å². The fourth-order valence-electron chi connectivity index (χ4n) is 2.05. The molecule has 0 radical (unpaired) electrons. The average Bonchev–Trinajstić information content (AvgIpc) is 2.46. The molecule has 1 atom stereocenters. The van der Waals surface area contributed by atoms with Crippen LogP contribution in [0.2, 0.25) is 5.15 Å². The van der Waals surface area contributed by atoms with Crippen molar-refractivity contribution in [2.45, 2.75) is 26.1 Å². The molecule has 23 heavy (non-hydrogen) atoms. The van der Waals surface area contributed by atoms with Gasteiger partial charge in [0.15, 0.2) is 5.15 Å². The molecule has 0 saturated carbocycles. The maximum Gasteiger partial charge on any atom is 0.416 e. The van der Waals surface area contributed by atoms with E-state index in [-0.39, 0.29) is 10.7 Å². The zero-order chi connectivity index (χ0) is 17.2. The highest BCUT2D eigenvalue weighted by Crippen LogP contribution is 2.30. The number of carbonyl (C=O) groups is 1. The monoisotopic (exact) mass is 343 g/mol. The Hall–Kier alpha value is -2.15. The van der Waals surface area contributed by atoms with Crippen LogP contribution >= 0.6 is 11.6 Å². The first-order valence-electron chi connectivity index (χ1n) is 6.64. The van der Waals surface area contributed by atoms with Gasteiger partial charge in [0.05, 0.1) is 17.3 Å². The van der Waals surface area contributed by atoms with E-state index >= 15 is 0 Å². The fourth-order valence-corrected chi connectivity index (χ4v) is 2.32. The van der Waals surface area contributed by atoms with Crippen molar-refractivity contribution < 1.29 is 18.0 Å². The van der Waals surface area contributed by atoms with E-state index in [1.54, 1.807) is 6.92 Å². The van der Waals surface area contributed by atoms with Crippen LogP contribution in [0.15, 0.2) is 30.6 Å². The third-order valence-corrected chi connectivity index (χ3v) is 3.40. The van der Waals surface area contributed by atoms with Crippen LogP contribution in [0.4, 0.5) is 13.2 Å². The van der Waals surface area contributed by atoms with Crippen molar-refractivity contribution in [2.75, 3.05) is 0 Å². The van der Waals surface area contributed by atoms with Gasteiger partial charge < -0.3 is 5.32 Å². The molecule has 1 amide bonds. The highest BCUT2D eigenvalue weighted by molar-refractivity contribution is 6.30. The zero-order valence-corrected chi connectivity index (χ0v) is 13.0. The molecule has 0 saturated heterocycles. The minimum absolute atomic E-state index is 0.0795. The van der Waals surface area contributed by atoms with Crippen LogP contribution in [-0.2, 0) is 6.18 Å². The summed E-state index contributed by atoms with van der Waals surface area (Å²) in [5.41, 5.74) is -0.265. The molecular weight excluding hydrogens is 331 g/mol. The van der Waals surface area contributed by atoms with Crippen LogP contribution in [0.1, 0.15) is 40.1 Å². The lowest BCUT2D eigenvalue weighted by Gasteiger charge is -2.15. The molecule has 0 fully saturated rings. The third-order valence-electron chi connectivity index (χ3n) is 3.10. The Morgan fingerprint density at radius 1 is 1.22 bits per heavy atom. The van der Waals surface area contributed by atoms with Gasteiger partial charge in [-0.15, -0.1) is 0 Å². The van der Waals surface area contributed by atoms with Crippen molar-refractivity contribution >= 4 is 17.5 Å². The number of rotatable bonds is 3. The summed E-state index contributed by atoms with van der Waals surface area (Å²) >= 11 is 5.89. The van der Waals surface area contributed by atoms with Crippen molar-refractivity contribution in [3.8, 4) is 0 Å². The second-order valence-electron chi connectivity index (χ2n) is 5.01. The van der Waals surface area contributed by atoms with Crippen LogP contribution in [-0.4, -0.2) is 15.9 Å². The minimum Gasteiger partial charge on any atom is -0.344 e. The number of alkyl halides is 3. The lowest BCUT2D eigenvalue weighted by atomic mass is 10.1. The number of aryl methyl sites for hydroxylation is 1. The lowest BCUT2D eigenvalue weighted by molar-refractivity contribution is -0.137. The molecule has 0 bridgehead atoms. The summed E-state index contributed by atoms with van der Waals surface area (Å²) in [6.07, 6.45) is -1.70. The molecule has 1 unspecified atom stereocenters. The first-order valence-corrected chi connectivity index (χ1v) is 7.02. The van der Waals surface area contributed by atoms with Gasteiger partial charge in [-0.05, 0) is 37.6 Å². The second kappa shape index (κ2) is 6.54. The van der Waals surface area contributed by atoms with Crippen LogP contribution in [0.5, 0.6) is 0 Å². The van der Waals surface area contributed by atoms with Gasteiger partial charge in [0.2, 0.25) is 0 Å². The molecule has 4 nitrogen and oxygen atoms in total. The number of nitrogens with zero attached hydrogens (tertiary/aromatic N) is 2. The van der Waals surface area contributed by atoms with Crippen LogP contribution in [0.25, 0.3) is 0 Å². The molecule has 2 rings (SSSR count). The summed E-state index contributed by atoms with van der Waals surface area (Å²) < 4.78 is 38.5. The molecule has 2 aromatic rings. The Labute approximate surface area is 135 Å². The zero-order valence-electron chi connectivity index (χ0n) is 12.3. The number of hydrogen-bond acceptors (Lipinski definition) is 3. The van der Waals surface area contributed by atoms with E-state index in [2.05, 4.69) is 15.3 Å². The van der Waals surface area contributed by atoms with E-state index in [9.17, 15) is 18.0 Å². The number of hydrogen-bond donors (Lipinski definition) is 1. The molecule has 1 aromatic heterocycles. The minimum atomic E-state index is -4.51. The van der Waals surface area contributed by atoms with Gasteiger partial charge in [0.1, 0.15) is 0 Å². The number of benzene rings is 1. The van der Waals surface area contributed by atoms with E-state index in [1.165, 1.54) is 25.4 Å². The standard InChI is InChI=1S/C15H13ClF3N3O/c1-8-5-10(7-11(6-8)15(17,18)19)14(23)22-9(2)12-13(16)21-4-3-20-12/h3-7,9H,1-2H3,(H,22,23). The number of nitrogens with one attached hydrogen (secondary N) is 1. The third kappa shape index (κ3) is 4.19.